The van der Waals surface area contributed by atoms with Crippen LogP contribution in [0.3, 0.4) is 0 Å². The van der Waals surface area contributed by atoms with Gasteiger partial charge in [-0.25, -0.2) is 9.18 Å². The van der Waals surface area contributed by atoms with Crippen LogP contribution >= 0.6 is 0 Å². The first kappa shape index (κ1) is 13.1. The molecule has 0 aliphatic heterocycles. The fourth-order valence-corrected chi connectivity index (χ4v) is 3.64. The van der Waals surface area contributed by atoms with Gasteiger partial charge in [0, 0.05) is 5.92 Å². The molecule has 5 heteroatoms. The topological polar surface area (TPSA) is 66.4 Å². The zero-order valence-corrected chi connectivity index (χ0v) is 10.9. The number of aromatic carboxylic acids is 1. The molecule has 2 aliphatic carbocycles. The molecule has 1 aromatic carbocycles. The molecule has 3 unspecified atom stereocenters. The maximum atomic E-state index is 13.5. The van der Waals surface area contributed by atoms with Gasteiger partial charge in [0.15, 0.2) is 0 Å². The Balaban J connectivity index is 1.80. The van der Waals surface area contributed by atoms with Gasteiger partial charge in [-0.15, -0.1) is 0 Å². The number of fused-ring (bicyclic) bond motifs is 2. The zero-order chi connectivity index (χ0) is 14.3. The second-order valence-electron chi connectivity index (χ2n) is 5.74. The molecule has 1 aromatic rings. The van der Waals surface area contributed by atoms with Crippen molar-refractivity contribution in [1.82, 2.24) is 0 Å². The summed E-state index contributed by atoms with van der Waals surface area (Å²) in [5.41, 5.74) is -0.422. The molecule has 2 saturated carbocycles. The average Bonchev–Trinajstić information content (AvgIpc) is 3.00. The summed E-state index contributed by atoms with van der Waals surface area (Å²) >= 11 is 0. The van der Waals surface area contributed by atoms with Crippen molar-refractivity contribution in [2.24, 2.45) is 17.8 Å². The van der Waals surface area contributed by atoms with E-state index in [4.69, 9.17) is 5.11 Å². The van der Waals surface area contributed by atoms with Crippen molar-refractivity contribution >= 4 is 17.6 Å². The summed E-state index contributed by atoms with van der Waals surface area (Å²) < 4.78 is 13.5. The van der Waals surface area contributed by atoms with Crippen LogP contribution in [0.1, 0.15) is 36.0 Å². The Morgan fingerprint density at radius 3 is 2.65 bits per heavy atom. The van der Waals surface area contributed by atoms with Crippen LogP contribution in [0, 0.1) is 23.6 Å². The van der Waals surface area contributed by atoms with Crippen LogP contribution in [0.2, 0.25) is 0 Å². The van der Waals surface area contributed by atoms with Crippen molar-refractivity contribution in [3.8, 4) is 0 Å². The van der Waals surface area contributed by atoms with E-state index in [1.54, 1.807) is 0 Å². The molecule has 2 bridgehead atoms. The maximum absolute atomic E-state index is 13.5. The molecule has 106 valence electrons. The molecule has 0 radical (unpaired) electrons. The molecule has 20 heavy (non-hydrogen) atoms. The highest BCUT2D eigenvalue weighted by molar-refractivity contribution is 6.01. The molecule has 0 aromatic heterocycles. The Morgan fingerprint density at radius 1 is 1.25 bits per heavy atom. The average molecular weight is 277 g/mol. The molecule has 0 heterocycles. The molecular weight excluding hydrogens is 261 g/mol. The van der Waals surface area contributed by atoms with Crippen LogP contribution in [-0.2, 0) is 4.79 Å². The van der Waals surface area contributed by atoms with E-state index in [0.717, 1.165) is 25.3 Å². The zero-order valence-electron chi connectivity index (χ0n) is 10.9. The SMILES string of the molecule is O=C(O)c1c(F)cccc1NC(=O)C1CC2CCC1C2. The first-order chi connectivity index (χ1) is 9.56. The van der Waals surface area contributed by atoms with Crippen LogP contribution < -0.4 is 5.32 Å². The lowest BCUT2D eigenvalue weighted by molar-refractivity contribution is -0.121. The van der Waals surface area contributed by atoms with Crippen molar-refractivity contribution in [3.63, 3.8) is 0 Å². The van der Waals surface area contributed by atoms with Gasteiger partial charge in [-0.1, -0.05) is 12.5 Å². The molecule has 2 fully saturated rings. The Labute approximate surface area is 116 Å². The second kappa shape index (κ2) is 4.89. The van der Waals surface area contributed by atoms with Crippen molar-refractivity contribution in [2.75, 3.05) is 5.32 Å². The van der Waals surface area contributed by atoms with E-state index in [2.05, 4.69) is 5.32 Å². The monoisotopic (exact) mass is 277 g/mol. The third kappa shape index (κ3) is 2.17. The quantitative estimate of drug-likeness (QED) is 0.892. The van der Waals surface area contributed by atoms with Gasteiger partial charge in [0.25, 0.3) is 0 Å². The molecule has 1 amide bonds. The van der Waals surface area contributed by atoms with Crippen molar-refractivity contribution < 1.29 is 19.1 Å². The number of anilines is 1. The lowest BCUT2D eigenvalue weighted by Crippen LogP contribution is -2.28. The molecular formula is C15H16FNO3. The lowest BCUT2D eigenvalue weighted by atomic mass is 9.88. The fraction of sp³-hybridized carbons (Fsp3) is 0.467. The third-order valence-corrected chi connectivity index (χ3v) is 4.56. The van der Waals surface area contributed by atoms with E-state index < -0.39 is 17.3 Å². The number of benzene rings is 1. The predicted molar refractivity (Wildman–Crippen MR) is 70.9 cm³/mol. The van der Waals surface area contributed by atoms with Gasteiger partial charge in [-0.3, -0.25) is 4.79 Å². The highest BCUT2D eigenvalue weighted by atomic mass is 19.1. The Morgan fingerprint density at radius 2 is 2.05 bits per heavy atom. The molecule has 0 saturated heterocycles. The number of carbonyl (C=O) groups excluding carboxylic acids is 1. The summed E-state index contributed by atoms with van der Waals surface area (Å²) in [5, 5.41) is 11.6. The summed E-state index contributed by atoms with van der Waals surface area (Å²) in [5.74, 6) is -1.40. The van der Waals surface area contributed by atoms with Crippen LogP contribution in [0.4, 0.5) is 10.1 Å². The molecule has 3 atom stereocenters. The highest BCUT2D eigenvalue weighted by Crippen LogP contribution is 2.48. The van der Waals surface area contributed by atoms with Gasteiger partial charge in [-0.2, -0.15) is 0 Å². The van der Waals surface area contributed by atoms with Crippen molar-refractivity contribution in [3.05, 3.63) is 29.6 Å². The van der Waals surface area contributed by atoms with Crippen molar-refractivity contribution in [2.45, 2.75) is 25.7 Å². The minimum Gasteiger partial charge on any atom is -0.478 e. The smallest absolute Gasteiger partial charge is 0.340 e. The summed E-state index contributed by atoms with van der Waals surface area (Å²) in [4.78, 5) is 23.3. The van der Waals surface area contributed by atoms with Crippen LogP contribution in [0.5, 0.6) is 0 Å². The standard InChI is InChI=1S/C15H16FNO3/c16-11-2-1-3-12(13(11)15(19)20)17-14(18)10-7-8-4-5-9(10)6-8/h1-3,8-10H,4-7H2,(H,17,18)(H,19,20). The van der Waals surface area contributed by atoms with E-state index in [0.29, 0.717) is 11.8 Å². The van der Waals surface area contributed by atoms with E-state index in [9.17, 15) is 14.0 Å². The lowest BCUT2D eigenvalue weighted by Gasteiger charge is -2.21. The molecule has 0 spiro atoms. The minimum atomic E-state index is -1.37. The summed E-state index contributed by atoms with van der Waals surface area (Å²) in [7, 11) is 0. The van der Waals surface area contributed by atoms with Crippen LogP contribution in [0.15, 0.2) is 18.2 Å². The molecule has 3 rings (SSSR count). The normalized spacial score (nSPS) is 27.6. The number of nitrogens with one attached hydrogen (secondary N) is 1. The number of rotatable bonds is 3. The minimum absolute atomic E-state index is 0.0465. The number of amides is 1. The van der Waals surface area contributed by atoms with E-state index in [1.807, 2.05) is 0 Å². The summed E-state index contributed by atoms with van der Waals surface area (Å²) in [6.07, 6.45) is 4.22. The van der Waals surface area contributed by atoms with E-state index >= 15 is 0 Å². The van der Waals surface area contributed by atoms with Gasteiger partial charge in [0.05, 0.1) is 5.69 Å². The number of hydrogen-bond donors (Lipinski definition) is 2. The predicted octanol–water partition coefficient (Wildman–Crippen LogP) is 2.90. The Kier molecular flexibility index (Phi) is 3.20. The first-order valence-corrected chi connectivity index (χ1v) is 6.89. The highest BCUT2D eigenvalue weighted by Gasteiger charge is 2.43. The van der Waals surface area contributed by atoms with E-state index in [1.165, 1.54) is 18.6 Å². The largest absolute Gasteiger partial charge is 0.478 e. The van der Waals surface area contributed by atoms with E-state index in [-0.39, 0.29) is 17.5 Å². The Hall–Kier alpha value is -1.91. The maximum Gasteiger partial charge on any atom is 0.340 e. The summed E-state index contributed by atoms with van der Waals surface area (Å²) in [6, 6.07) is 3.91. The number of carboxylic acids is 1. The second-order valence-corrected chi connectivity index (χ2v) is 5.74. The first-order valence-electron chi connectivity index (χ1n) is 6.89. The summed E-state index contributed by atoms with van der Waals surface area (Å²) in [6.45, 7) is 0. The molecule has 2 N–H and O–H groups in total. The number of hydrogen-bond acceptors (Lipinski definition) is 2. The number of halogens is 1. The molecule has 4 nitrogen and oxygen atoms in total. The fourth-order valence-electron chi connectivity index (χ4n) is 3.64. The Bertz CT molecular complexity index is 572. The van der Waals surface area contributed by atoms with Crippen LogP contribution in [-0.4, -0.2) is 17.0 Å². The van der Waals surface area contributed by atoms with Gasteiger partial charge in [0.2, 0.25) is 5.91 Å². The van der Waals surface area contributed by atoms with Crippen molar-refractivity contribution in [1.29, 1.82) is 0 Å². The molecule has 2 aliphatic rings. The van der Waals surface area contributed by atoms with Crippen LogP contribution in [0.25, 0.3) is 0 Å². The number of carboxylic acid groups (broad SMARTS) is 1. The number of carbonyl (C=O) groups is 2. The third-order valence-electron chi connectivity index (χ3n) is 4.56. The van der Waals surface area contributed by atoms with Gasteiger partial charge in [0.1, 0.15) is 11.4 Å². The van der Waals surface area contributed by atoms with Gasteiger partial charge < -0.3 is 10.4 Å². The van der Waals surface area contributed by atoms with Gasteiger partial charge in [-0.05, 0) is 43.2 Å². The van der Waals surface area contributed by atoms with Gasteiger partial charge >= 0.3 is 5.97 Å².